The Kier molecular flexibility index (Phi) is 4.25. The third-order valence-corrected chi connectivity index (χ3v) is 3.52. The molecule has 0 aliphatic rings. The quantitative estimate of drug-likeness (QED) is 0.597. The maximum Gasteiger partial charge on any atom is 0.319 e. The first-order chi connectivity index (χ1) is 11.1. The molecule has 5 nitrogen and oxygen atoms in total. The Morgan fingerprint density at radius 3 is 2.74 bits per heavy atom. The van der Waals surface area contributed by atoms with E-state index in [0.29, 0.717) is 11.3 Å². The number of fused-ring (bicyclic) bond motifs is 1. The highest BCUT2D eigenvalue weighted by molar-refractivity contribution is 5.92. The second kappa shape index (κ2) is 6.50. The normalized spacial score (nSPS) is 12.1. The summed E-state index contributed by atoms with van der Waals surface area (Å²) in [4.78, 5) is 14.9. The fourth-order valence-corrected chi connectivity index (χ4v) is 2.30. The molecule has 1 unspecified atom stereocenters. The molecule has 3 rings (SSSR count). The van der Waals surface area contributed by atoms with Crippen molar-refractivity contribution in [3.8, 4) is 0 Å². The van der Waals surface area contributed by atoms with E-state index < -0.39 is 12.1 Å². The van der Waals surface area contributed by atoms with E-state index in [2.05, 4.69) is 15.6 Å². The standard InChI is InChI=1S/C17H16FN3O2/c18-13-3-1-11(2-4-13)16(22)10-20-17(23)21-14-5-6-15-12(9-14)7-8-19-15/h1-9,16,19,22H,10H2,(H2,20,21,23). The number of H-pyrrole nitrogens is 1. The van der Waals surface area contributed by atoms with Gasteiger partial charge in [-0.25, -0.2) is 9.18 Å². The smallest absolute Gasteiger partial charge is 0.319 e. The molecule has 118 valence electrons. The van der Waals surface area contributed by atoms with Gasteiger partial charge in [-0.3, -0.25) is 0 Å². The average molecular weight is 313 g/mol. The number of nitrogens with one attached hydrogen (secondary N) is 3. The third kappa shape index (κ3) is 3.67. The summed E-state index contributed by atoms with van der Waals surface area (Å²) in [6, 6.07) is 12.5. The summed E-state index contributed by atoms with van der Waals surface area (Å²) in [5.74, 6) is -0.369. The van der Waals surface area contributed by atoms with Crippen LogP contribution >= 0.6 is 0 Å². The second-order valence-electron chi connectivity index (χ2n) is 5.18. The predicted molar refractivity (Wildman–Crippen MR) is 86.7 cm³/mol. The first-order valence-corrected chi connectivity index (χ1v) is 7.17. The van der Waals surface area contributed by atoms with E-state index in [1.165, 1.54) is 24.3 Å². The van der Waals surface area contributed by atoms with Crippen LogP contribution in [0.25, 0.3) is 10.9 Å². The number of benzene rings is 2. The van der Waals surface area contributed by atoms with Crippen LogP contribution < -0.4 is 10.6 Å². The molecule has 0 saturated carbocycles. The zero-order valence-corrected chi connectivity index (χ0v) is 12.2. The molecule has 2 aromatic carbocycles. The van der Waals surface area contributed by atoms with E-state index in [1.807, 2.05) is 24.4 Å². The summed E-state index contributed by atoms with van der Waals surface area (Å²) >= 11 is 0. The summed E-state index contributed by atoms with van der Waals surface area (Å²) in [7, 11) is 0. The summed E-state index contributed by atoms with van der Waals surface area (Å²) in [5.41, 5.74) is 2.19. The van der Waals surface area contributed by atoms with Crippen molar-refractivity contribution in [3.63, 3.8) is 0 Å². The van der Waals surface area contributed by atoms with Crippen LogP contribution in [-0.4, -0.2) is 22.7 Å². The van der Waals surface area contributed by atoms with E-state index in [4.69, 9.17) is 0 Å². The van der Waals surface area contributed by atoms with Crippen molar-refractivity contribution in [1.82, 2.24) is 10.3 Å². The molecule has 2 amide bonds. The zero-order valence-electron chi connectivity index (χ0n) is 12.2. The highest BCUT2D eigenvalue weighted by Gasteiger charge is 2.10. The van der Waals surface area contributed by atoms with Crippen LogP contribution in [-0.2, 0) is 0 Å². The van der Waals surface area contributed by atoms with Crippen molar-refractivity contribution >= 4 is 22.6 Å². The van der Waals surface area contributed by atoms with E-state index in [0.717, 1.165) is 10.9 Å². The zero-order chi connectivity index (χ0) is 16.2. The Labute approximate surface area is 132 Å². The van der Waals surface area contributed by atoms with E-state index in [-0.39, 0.29) is 12.4 Å². The monoisotopic (exact) mass is 313 g/mol. The maximum atomic E-state index is 12.8. The number of carbonyl (C=O) groups excluding carboxylic acids is 1. The minimum absolute atomic E-state index is 0.0316. The van der Waals surface area contributed by atoms with Gasteiger partial charge in [0, 0.05) is 29.3 Å². The Hall–Kier alpha value is -2.86. The van der Waals surface area contributed by atoms with Crippen LogP contribution in [0.1, 0.15) is 11.7 Å². The van der Waals surface area contributed by atoms with E-state index in [9.17, 15) is 14.3 Å². The predicted octanol–water partition coefficient (Wildman–Crippen LogP) is 3.16. The highest BCUT2D eigenvalue weighted by atomic mass is 19.1. The van der Waals surface area contributed by atoms with Gasteiger partial charge in [-0.1, -0.05) is 12.1 Å². The molecule has 0 radical (unpaired) electrons. The largest absolute Gasteiger partial charge is 0.387 e. The van der Waals surface area contributed by atoms with Crippen molar-refractivity contribution < 1.29 is 14.3 Å². The van der Waals surface area contributed by atoms with Crippen molar-refractivity contribution in [2.45, 2.75) is 6.10 Å². The van der Waals surface area contributed by atoms with Gasteiger partial charge < -0.3 is 20.7 Å². The minimum Gasteiger partial charge on any atom is -0.387 e. The van der Waals surface area contributed by atoms with Gasteiger partial charge >= 0.3 is 6.03 Å². The SMILES string of the molecule is O=C(NCC(O)c1ccc(F)cc1)Nc1ccc2[nH]ccc2c1. The molecule has 0 bridgehead atoms. The van der Waals surface area contributed by atoms with Gasteiger partial charge in [-0.15, -0.1) is 0 Å². The molecular formula is C17H16FN3O2. The number of rotatable bonds is 4. The number of anilines is 1. The number of hydrogen-bond acceptors (Lipinski definition) is 2. The highest BCUT2D eigenvalue weighted by Crippen LogP contribution is 2.18. The molecular weight excluding hydrogens is 297 g/mol. The van der Waals surface area contributed by atoms with Gasteiger partial charge in [0.05, 0.1) is 6.10 Å². The topological polar surface area (TPSA) is 77.2 Å². The van der Waals surface area contributed by atoms with Crippen LogP contribution in [0.15, 0.2) is 54.7 Å². The van der Waals surface area contributed by atoms with Crippen molar-refractivity contribution in [2.24, 2.45) is 0 Å². The summed E-state index contributed by atoms with van der Waals surface area (Å²) in [6.45, 7) is 0.0316. The van der Waals surface area contributed by atoms with Gasteiger partial charge in [0.25, 0.3) is 0 Å². The maximum absolute atomic E-state index is 12.8. The molecule has 0 aliphatic heterocycles. The number of halogens is 1. The molecule has 0 aliphatic carbocycles. The number of aromatic nitrogens is 1. The molecule has 4 N–H and O–H groups in total. The van der Waals surface area contributed by atoms with Crippen LogP contribution in [0.5, 0.6) is 0 Å². The lowest BCUT2D eigenvalue weighted by atomic mass is 10.1. The molecule has 1 atom stereocenters. The number of carbonyl (C=O) groups is 1. The number of aliphatic hydroxyl groups excluding tert-OH is 1. The Balaban J connectivity index is 1.55. The van der Waals surface area contributed by atoms with Crippen LogP contribution in [0.2, 0.25) is 0 Å². The van der Waals surface area contributed by atoms with E-state index in [1.54, 1.807) is 6.07 Å². The van der Waals surface area contributed by atoms with Crippen LogP contribution in [0, 0.1) is 5.82 Å². The fraction of sp³-hybridized carbons (Fsp3) is 0.118. The van der Waals surface area contributed by atoms with E-state index >= 15 is 0 Å². The number of amides is 2. The van der Waals surface area contributed by atoms with Gasteiger partial charge in [0.2, 0.25) is 0 Å². The average Bonchev–Trinajstić information content (AvgIpc) is 3.01. The molecule has 0 spiro atoms. The van der Waals surface area contributed by atoms with Crippen LogP contribution in [0.4, 0.5) is 14.9 Å². The number of aromatic amines is 1. The van der Waals surface area contributed by atoms with Crippen molar-refractivity contribution in [2.75, 3.05) is 11.9 Å². The molecule has 3 aromatic rings. The Bertz CT molecular complexity index is 814. The van der Waals surface area contributed by atoms with Gasteiger partial charge in [-0.2, -0.15) is 0 Å². The summed E-state index contributed by atoms with van der Waals surface area (Å²) in [6.07, 6.45) is 0.932. The lowest BCUT2D eigenvalue weighted by molar-refractivity contribution is 0.175. The first kappa shape index (κ1) is 15.1. The van der Waals surface area contributed by atoms with Gasteiger partial charge in [-0.05, 0) is 42.0 Å². The third-order valence-electron chi connectivity index (χ3n) is 3.52. The molecule has 0 fully saturated rings. The van der Waals surface area contributed by atoms with Crippen molar-refractivity contribution in [3.05, 3.63) is 66.1 Å². The van der Waals surface area contributed by atoms with Crippen molar-refractivity contribution in [1.29, 1.82) is 0 Å². The number of aliphatic hydroxyl groups is 1. The summed E-state index contributed by atoms with van der Waals surface area (Å²) < 4.78 is 12.8. The molecule has 0 saturated heterocycles. The molecule has 1 heterocycles. The molecule has 23 heavy (non-hydrogen) atoms. The number of hydrogen-bond donors (Lipinski definition) is 4. The lowest BCUT2D eigenvalue weighted by Gasteiger charge is -2.13. The molecule has 6 heteroatoms. The minimum atomic E-state index is -0.895. The molecule has 1 aromatic heterocycles. The fourth-order valence-electron chi connectivity index (χ4n) is 2.30. The van der Waals surface area contributed by atoms with Gasteiger partial charge in [0.1, 0.15) is 5.82 Å². The van der Waals surface area contributed by atoms with Gasteiger partial charge in [0.15, 0.2) is 0 Å². The lowest BCUT2D eigenvalue weighted by Crippen LogP contribution is -2.32. The Morgan fingerprint density at radius 1 is 1.17 bits per heavy atom. The first-order valence-electron chi connectivity index (χ1n) is 7.17. The second-order valence-corrected chi connectivity index (χ2v) is 5.18. The number of urea groups is 1. The Morgan fingerprint density at radius 2 is 1.96 bits per heavy atom. The summed E-state index contributed by atoms with van der Waals surface area (Å²) in [5, 5.41) is 16.3. The van der Waals surface area contributed by atoms with Crippen LogP contribution in [0.3, 0.4) is 0 Å².